The van der Waals surface area contributed by atoms with E-state index in [-0.39, 0.29) is 24.3 Å². The van der Waals surface area contributed by atoms with E-state index in [1.54, 1.807) is 19.1 Å². The van der Waals surface area contributed by atoms with Crippen LogP contribution in [-0.4, -0.2) is 47.2 Å². The molecule has 0 atom stereocenters. The van der Waals surface area contributed by atoms with E-state index in [2.05, 4.69) is 10.6 Å². The summed E-state index contributed by atoms with van der Waals surface area (Å²) in [6.45, 7) is 4.21. The van der Waals surface area contributed by atoms with Crippen molar-refractivity contribution in [2.75, 3.05) is 18.4 Å². The second-order valence-electron chi connectivity index (χ2n) is 5.81. The number of nitrogens with one attached hydrogen (secondary N) is 2. The van der Waals surface area contributed by atoms with Gasteiger partial charge in [-0.25, -0.2) is 9.18 Å². The Kier molecular flexibility index (Phi) is 5.54. The number of carboxylic acid groups (broad SMARTS) is 1. The van der Waals surface area contributed by atoms with Gasteiger partial charge >= 0.3 is 12.0 Å². The fourth-order valence-corrected chi connectivity index (χ4v) is 2.76. The van der Waals surface area contributed by atoms with E-state index in [4.69, 9.17) is 5.11 Å². The van der Waals surface area contributed by atoms with Crippen LogP contribution in [0.5, 0.6) is 0 Å². The molecule has 0 heterocycles. The highest BCUT2D eigenvalue weighted by molar-refractivity contribution is 5.89. The summed E-state index contributed by atoms with van der Waals surface area (Å²) in [6, 6.07) is 4.53. The standard InChI is InChI=1S/C16H22FN3O3/c1-3-20(9-14(21)22)12-7-11(8-12)18-16(23)19-13-6-4-5-10(2)15(13)17/h4-6,11-12H,3,7-9H2,1-2H3,(H,21,22)(H2,18,19,23). The summed E-state index contributed by atoms with van der Waals surface area (Å²) in [5.74, 6) is -1.29. The van der Waals surface area contributed by atoms with Crippen molar-refractivity contribution in [3.8, 4) is 0 Å². The SMILES string of the molecule is CCN(CC(=O)O)C1CC(NC(=O)Nc2cccc(C)c2F)C1. The van der Waals surface area contributed by atoms with Crippen LogP contribution in [0.4, 0.5) is 14.9 Å². The van der Waals surface area contributed by atoms with E-state index in [0.29, 0.717) is 24.9 Å². The van der Waals surface area contributed by atoms with Crippen molar-refractivity contribution in [3.63, 3.8) is 0 Å². The number of halogens is 1. The monoisotopic (exact) mass is 323 g/mol. The van der Waals surface area contributed by atoms with Crippen molar-refractivity contribution >= 4 is 17.7 Å². The normalized spacial score (nSPS) is 20.0. The lowest BCUT2D eigenvalue weighted by molar-refractivity contribution is -0.139. The molecule has 0 aliphatic heterocycles. The first-order valence-electron chi connectivity index (χ1n) is 7.69. The summed E-state index contributed by atoms with van der Waals surface area (Å²) in [5.41, 5.74) is 0.623. The largest absolute Gasteiger partial charge is 0.480 e. The topological polar surface area (TPSA) is 81.7 Å². The van der Waals surface area contributed by atoms with Gasteiger partial charge in [0.25, 0.3) is 0 Å². The third kappa shape index (κ3) is 4.41. The van der Waals surface area contributed by atoms with Crippen LogP contribution in [-0.2, 0) is 4.79 Å². The van der Waals surface area contributed by atoms with E-state index < -0.39 is 17.8 Å². The molecular weight excluding hydrogens is 301 g/mol. The molecule has 1 aromatic carbocycles. The molecule has 1 fully saturated rings. The van der Waals surface area contributed by atoms with Crippen molar-refractivity contribution in [3.05, 3.63) is 29.6 Å². The number of amides is 2. The van der Waals surface area contributed by atoms with Gasteiger partial charge in [-0.3, -0.25) is 9.69 Å². The van der Waals surface area contributed by atoms with E-state index >= 15 is 0 Å². The Labute approximate surface area is 134 Å². The smallest absolute Gasteiger partial charge is 0.319 e. The predicted molar refractivity (Wildman–Crippen MR) is 85.0 cm³/mol. The van der Waals surface area contributed by atoms with E-state index in [1.807, 2.05) is 11.8 Å². The van der Waals surface area contributed by atoms with Crippen molar-refractivity contribution in [1.82, 2.24) is 10.2 Å². The Balaban J connectivity index is 1.80. The molecule has 0 spiro atoms. The summed E-state index contributed by atoms with van der Waals surface area (Å²) < 4.78 is 13.8. The number of aryl methyl sites for hydroxylation is 1. The fourth-order valence-electron chi connectivity index (χ4n) is 2.76. The number of aliphatic carboxylic acids is 1. The highest BCUT2D eigenvalue weighted by Crippen LogP contribution is 2.25. The second-order valence-corrected chi connectivity index (χ2v) is 5.81. The highest BCUT2D eigenvalue weighted by Gasteiger charge is 2.34. The van der Waals surface area contributed by atoms with Gasteiger partial charge in [0.2, 0.25) is 0 Å². The fraction of sp³-hybridized carbons (Fsp3) is 0.500. The van der Waals surface area contributed by atoms with Crippen LogP contribution in [0.15, 0.2) is 18.2 Å². The molecule has 0 radical (unpaired) electrons. The number of anilines is 1. The number of carboxylic acids is 1. The molecule has 1 aliphatic rings. The van der Waals surface area contributed by atoms with Crippen LogP contribution in [0.1, 0.15) is 25.3 Å². The van der Waals surface area contributed by atoms with Crippen molar-refractivity contribution in [1.29, 1.82) is 0 Å². The first-order chi connectivity index (χ1) is 10.9. The van der Waals surface area contributed by atoms with Crippen molar-refractivity contribution in [2.45, 2.75) is 38.8 Å². The van der Waals surface area contributed by atoms with Gasteiger partial charge in [0.05, 0.1) is 12.2 Å². The Hall–Kier alpha value is -2.15. The maximum atomic E-state index is 13.8. The zero-order valence-electron chi connectivity index (χ0n) is 13.3. The minimum absolute atomic E-state index is 0.00852. The maximum absolute atomic E-state index is 13.8. The minimum atomic E-state index is -0.851. The molecule has 126 valence electrons. The molecular formula is C16H22FN3O3. The van der Waals surface area contributed by atoms with E-state index in [1.165, 1.54) is 6.07 Å². The maximum Gasteiger partial charge on any atom is 0.319 e. The Bertz CT molecular complexity index is 588. The molecule has 1 saturated carbocycles. The molecule has 2 amide bonds. The second kappa shape index (κ2) is 7.41. The van der Waals surface area contributed by atoms with Crippen molar-refractivity contribution < 1.29 is 19.1 Å². The highest BCUT2D eigenvalue weighted by atomic mass is 19.1. The number of hydrogen-bond donors (Lipinski definition) is 3. The lowest BCUT2D eigenvalue weighted by Gasteiger charge is -2.42. The number of urea groups is 1. The third-order valence-electron chi connectivity index (χ3n) is 4.15. The number of carbonyl (C=O) groups is 2. The molecule has 2 rings (SSSR count). The molecule has 0 unspecified atom stereocenters. The van der Waals surface area contributed by atoms with Crippen LogP contribution in [0, 0.1) is 12.7 Å². The molecule has 7 heteroatoms. The lowest BCUT2D eigenvalue weighted by atomic mass is 9.85. The van der Waals surface area contributed by atoms with Gasteiger partial charge in [0.15, 0.2) is 0 Å². The van der Waals surface area contributed by atoms with Gasteiger partial charge in [-0.15, -0.1) is 0 Å². The summed E-state index contributed by atoms with van der Waals surface area (Å²) >= 11 is 0. The molecule has 0 bridgehead atoms. The average molecular weight is 323 g/mol. The van der Waals surface area contributed by atoms with Crippen LogP contribution >= 0.6 is 0 Å². The molecule has 1 aliphatic carbocycles. The van der Waals surface area contributed by atoms with Crippen LogP contribution in [0.2, 0.25) is 0 Å². The third-order valence-corrected chi connectivity index (χ3v) is 4.15. The number of likely N-dealkylation sites (N-methyl/N-ethyl adjacent to an activating group) is 1. The molecule has 6 nitrogen and oxygen atoms in total. The average Bonchev–Trinajstić information content (AvgIpc) is 2.45. The van der Waals surface area contributed by atoms with Gasteiger partial charge in [-0.1, -0.05) is 19.1 Å². The quantitative estimate of drug-likeness (QED) is 0.749. The number of benzene rings is 1. The van der Waals surface area contributed by atoms with Gasteiger partial charge in [-0.05, 0) is 37.9 Å². The summed E-state index contributed by atoms with van der Waals surface area (Å²) in [5, 5.41) is 14.1. The Morgan fingerprint density at radius 3 is 2.70 bits per heavy atom. The minimum Gasteiger partial charge on any atom is -0.480 e. The van der Waals surface area contributed by atoms with Crippen molar-refractivity contribution in [2.24, 2.45) is 0 Å². The van der Waals surface area contributed by atoms with E-state index in [0.717, 1.165) is 0 Å². The number of nitrogens with zero attached hydrogens (tertiary/aromatic N) is 1. The van der Waals surface area contributed by atoms with E-state index in [9.17, 15) is 14.0 Å². The lowest BCUT2D eigenvalue weighted by Crippen LogP contribution is -2.55. The molecule has 3 N–H and O–H groups in total. The van der Waals surface area contributed by atoms with Gasteiger partial charge in [-0.2, -0.15) is 0 Å². The van der Waals surface area contributed by atoms with Gasteiger partial charge in [0, 0.05) is 12.1 Å². The Morgan fingerprint density at radius 1 is 1.39 bits per heavy atom. The summed E-state index contributed by atoms with van der Waals surface area (Å²) in [7, 11) is 0. The summed E-state index contributed by atoms with van der Waals surface area (Å²) in [4.78, 5) is 24.6. The number of carbonyl (C=O) groups excluding carboxylic acids is 1. The zero-order chi connectivity index (χ0) is 17.0. The van der Waals surface area contributed by atoms with Crippen LogP contribution in [0.25, 0.3) is 0 Å². The first-order valence-corrected chi connectivity index (χ1v) is 7.69. The zero-order valence-corrected chi connectivity index (χ0v) is 13.3. The molecule has 0 aromatic heterocycles. The van der Waals surface area contributed by atoms with Crippen LogP contribution in [0.3, 0.4) is 0 Å². The molecule has 0 saturated heterocycles. The molecule has 1 aromatic rings. The van der Waals surface area contributed by atoms with Crippen LogP contribution < -0.4 is 10.6 Å². The number of rotatable bonds is 6. The first kappa shape index (κ1) is 17.2. The Morgan fingerprint density at radius 2 is 2.09 bits per heavy atom. The van der Waals surface area contributed by atoms with Gasteiger partial charge < -0.3 is 15.7 Å². The predicted octanol–water partition coefficient (Wildman–Crippen LogP) is 2.19. The molecule has 23 heavy (non-hydrogen) atoms. The van der Waals surface area contributed by atoms with Gasteiger partial charge in [0.1, 0.15) is 5.82 Å². The number of hydrogen-bond acceptors (Lipinski definition) is 3. The summed E-state index contributed by atoms with van der Waals surface area (Å²) in [6.07, 6.45) is 1.40.